The Morgan fingerprint density at radius 2 is 2.03 bits per heavy atom. The molecule has 2 fully saturated rings. The van der Waals surface area contributed by atoms with Crippen molar-refractivity contribution in [2.45, 2.75) is 51.6 Å². The van der Waals surface area contributed by atoms with Crippen molar-refractivity contribution in [3.05, 3.63) is 34.6 Å². The third-order valence-corrected chi connectivity index (χ3v) is 6.19. The van der Waals surface area contributed by atoms with Crippen molar-refractivity contribution in [3.8, 4) is 0 Å². The number of nitrogens with zero attached hydrogens (tertiary/aromatic N) is 3. The predicted molar refractivity (Wildman–Crippen MR) is 135 cm³/mol. The molecule has 2 saturated heterocycles. The van der Waals surface area contributed by atoms with E-state index < -0.39 is 0 Å². The van der Waals surface area contributed by atoms with E-state index in [0.29, 0.717) is 36.1 Å². The Morgan fingerprint density at radius 3 is 2.68 bits per heavy atom. The Bertz CT molecular complexity index is 739. The molecule has 0 bridgehead atoms. The number of guanidine groups is 1. The third kappa shape index (κ3) is 6.92. The number of carbonyl (C=O) groups is 1. The molecule has 2 heterocycles. The summed E-state index contributed by atoms with van der Waals surface area (Å²) in [6.07, 6.45) is 3.63. The lowest BCUT2D eigenvalue weighted by Crippen LogP contribution is -2.45. The zero-order valence-corrected chi connectivity index (χ0v) is 21.5. The Labute approximate surface area is 207 Å². The normalized spacial score (nSPS) is 20.5. The minimum Gasteiger partial charge on any atom is -0.357 e. The second-order valence-corrected chi connectivity index (χ2v) is 8.34. The van der Waals surface area contributed by atoms with Crippen LogP contribution >= 0.6 is 35.6 Å². The molecule has 2 unspecified atom stereocenters. The topological polar surface area (TPSA) is 60.0 Å². The third-order valence-electron chi connectivity index (χ3n) is 5.87. The summed E-state index contributed by atoms with van der Waals surface area (Å²) in [5.41, 5.74) is 0.529. The molecule has 174 valence electrons. The van der Waals surface area contributed by atoms with Gasteiger partial charge in [0.05, 0.1) is 12.6 Å². The summed E-state index contributed by atoms with van der Waals surface area (Å²) < 4.78 is 14.7. The molecule has 0 aliphatic carbocycles. The van der Waals surface area contributed by atoms with Gasteiger partial charge in [0.2, 0.25) is 5.91 Å². The smallest absolute Gasteiger partial charge is 0.222 e. The summed E-state index contributed by atoms with van der Waals surface area (Å²) in [5, 5.41) is 7.19. The van der Waals surface area contributed by atoms with Crippen LogP contribution < -0.4 is 10.6 Å². The lowest BCUT2D eigenvalue weighted by Gasteiger charge is -2.28. The van der Waals surface area contributed by atoms with Crippen LogP contribution in [0.2, 0.25) is 5.02 Å². The lowest BCUT2D eigenvalue weighted by atomic mass is 10.0. The average Bonchev–Trinajstić information content (AvgIpc) is 3.42. The number of rotatable bonds is 7. The van der Waals surface area contributed by atoms with Gasteiger partial charge in [-0.15, -0.1) is 24.0 Å². The van der Waals surface area contributed by atoms with Crippen LogP contribution in [0.5, 0.6) is 0 Å². The fraction of sp³-hybridized carbons (Fsp3) is 0.636. The summed E-state index contributed by atoms with van der Waals surface area (Å²) in [6, 6.07) is 4.82. The van der Waals surface area contributed by atoms with Crippen LogP contribution in [0, 0.1) is 5.82 Å². The van der Waals surface area contributed by atoms with E-state index >= 15 is 0 Å². The summed E-state index contributed by atoms with van der Waals surface area (Å²) in [7, 11) is 0. The number of hydrogen-bond donors (Lipinski definition) is 2. The quantitative estimate of drug-likeness (QED) is 0.300. The first-order valence-corrected chi connectivity index (χ1v) is 11.4. The van der Waals surface area contributed by atoms with Crippen LogP contribution in [0.4, 0.5) is 4.39 Å². The van der Waals surface area contributed by atoms with E-state index in [0.717, 1.165) is 45.4 Å². The molecule has 1 aromatic rings. The fourth-order valence-corrected chi connectivity index (χ4v) is 4.58. The van der Waals surface area contributed by atoms with Crippen molar-refractivity contribution in [1.82, 2.24) is 20.4 Å². The van der Waals surface area contributed by atoms with Crippen LogP contribution in [-0.4, -0.2) is 67.0 Å². The van der Waals surface area contributed by atoms with Crippen molar-refractivity contribution < 1.29 is 9.18 Å². The summed E-state index contributed by atoms with van der Waals surface area (Å²) in [6.45, 7) is 8.35. The molecule has 1 aromatic carbocycles. The van der Waals surface area contributed by atoms with E-state index in [1.165, 1.54) is 6.07 Å². The zero-order chi connectivity index (χ0) is 21.5. The molecule has 0 saturated carbocycles. The number of carbonyl (C=O) groups excluding carboxylic acids is 1. The summed E-state index contributed by atoms with van der Waals surface area (Å²) in [4.78, 5) is 20.9. The first-order chi connectivity index (χ1) is 14.5. The molecular formula is C22H34ClFIN5O. The highest BCUT2D eigenvalue weighted by Gasteiger charge is 2.29. The van der Waals surface area contributed by atoms with Gasteiger partial charge in [-0.3, -0.25) is 14.7 Å². The van der Waals surface area contributed by atoms with E-state index in [4.69, 9.17) is 16.6 Å². The van der Waals surface area contributed by atoms with Crippen LogP contribution in [0.15, 0.2) is 23.2 Å². The highest BCUT2D eigenvalue weighted by atomic mass is 127. The number of halogens is 3. The van der Waals surface area contributed by atoms with Gasteiger partial charge in [0.15, 0.2) is 5.96 Å². The Hall–Kier alpha value is -1.13. The van der Waals surface area contributed by atoms with Gasteiger partial charge in [0, 0.05) is 42.7 Å². The molecule has 0 radical (unpaired) electrons. The largest absolute Gasteiger partial charge is 0.357 e. The second-order valence-electron chi connectivity index (χ2n) is 7.94. The summed E-state index contributed by atoms with van der Waals surface area (Å²) in [5.74, 6) is 0.603. The van der Waals surface area contributed by atoms with Gasteiger partial charge in [0.1, 0.15) is 5.82 Å². The SMILES string of the molecule is CCNC(=NCC(c1c(F)cccc1Cl)N1CCCC1)NC1CCN(C(=O)CC)C1.I. The van der Waals surface area contributed by atoms with Gasteiger partial charge in [-0.05, 0) is 51.4 Å². The van der Waals surface area contributed by atoms with Gasteiger partial charge in [-0.2, -0.15) is 0 Å². The van der Waals surface area contributed by atoms with E-state index in [1.807, 2.05) is 18.7 Å². The Morgan fingerprint density at radius 1 is 1.29 bits per heavy atom. The van der Waals surface area contributed by atoms with Crippen molar-refractivity contribution in [1.29, 1.82) is 0 Å². The molecule has 0 aromatic heterocycles. The van der Waals surface area contributed by atoms with E-state index in [2.05, 4.69) is 15.5 Å². The van der Waals surface area contributed by atoms with Gasteiger partial charge >= 0.3 is 0 Å². The second kappa shape index (κ2) is 12.8. The summed E-state index contributed by atoms with van der Waals surface area (Å²) >= 11 is 6.39. The molecule has 2 atom stereocenters. The van der Waals surface area contributed by atoms with E-state index in [9.17, 15) is 9.18 Å². The molecule has 2 N–H and O–H groups in total. The minimum atomic E-state index is -0.280. The molecule has 1 amide bonds. The Balaban J connectivity index is 0.00000341. The monoisotopic (exact) mass is 565 g/mol. The van der Waals surface area contributed by atoms with Gasteiger partial charge in [-0.1, -0.05) is 24.6 Å². The van der Waals surface area contributed by atoms with Gasteiger partial charge < -0.3 is 15.5 Å². The molecule has 2 aliphatic rings. The maximum Gasteiger partial charge on any atom is 0.222 e. The predicted octanol–water partition coefficient (Wildman–Crippen LogP) is 3.80. The van der Waals surface area contributed by atoms with Gasteiger partial charge in [-0.25, -0.2) is 4.39 Å². The zero-order valence-electron chi connectivity index (χ0n) is 18.4. The molecule has 6 nitrogen and oxygen atoms in total. The Kier molecular flexibility index (Phi) is 10.8. The van der Waals surface area contributed by atoms with E-state index in [-0.39, 0.29) is 47.8 Å². The molecule has 9 heteroatoms. The number of likely N-dealkylation sites (tertiary alicyclic amines) is 2. The van der Waals surface area contributed by atoms with Crippen molar-refractivity contribution in [2.24, 2.45) is 4.99 Å². The molecule has 2 aliphatic heterocycles. The van der Waals surface area contributed by atoms with Crippen LogP contribution in [-0.2, 0) is 4.79 Å². The van der Waals surface area contributed by atoms with Crippen molar-refractivity contribution >= 4 is 47.4 Å². The maximum atomic E-state index is 14.7. The fourth-order valence-electron chi connectivity index (χ4n) is 4.29. The maximum absolute atomic E-state index is 14.7. The standard InChI is InChI=1S/C22H33ClFN5O.HI/c1-3-20(30)29-13-10-16(15-29)27-22(25-4-2)26-14-19(28-11-5-6-12-28)21-17(23)8-7-9-18(21)24;/h7-9,16,19H,3-6,10-15H2,1-2H3,(H2,25,26,27);1H. The van der Waals surface area contributed by atoms with Crippen molar-refractivity contribution in [3.63, 3.8) is 0 Å². The highest BCUT2D eigenvalue weighted by molar-refractivity contribution is 14.0. The number of nitrogens with one attached hydrogen (secondary N) is 2. The first kappa shape index (κ1) is 26.1. The lowest BCUT2D eigenvalue weighted by molar-refractivity contribution is -0.129. The molecule has 3 rings (SSSR count). The average molecular weight is 566 g/mol. The number of aliphatic imine (C=N–C) groups is 1. The van der Waals surface area contributed by atoms with Crippen LogP contribution in [0.25, 0.3) is 0 Å². The first-order valence-electron chi connectivity index (χ1n) is 11.0. The van der Waals surface area contributed by atoms with Crippen LogP contribution in [0.1, 0.15) is 51.1 Å². The molecule has 0 spiro atoms. The van der Waals surface area contributed by atoms with E-state index in [1.54, 1.807) is 12.1 Å². The minimum absolute atomic E-state index is 0. The van der Waals surface area contributed by atoms with Crippen molar-refractivity contribution in [2.75, 3.05) is 39.3 Å². The number of hydrogen-bond acceptors (Lipinski definition) is 3. The van der Waals surface area contributed by atoms with Gasteiger partial charge in [0.25, 0.3) is 0 Å². The highest BCUT2D eigenvalue weighted by Crippen LogP contribution is 2.32. The number of benzene rings is 1. The molecular weight excluding hydrogens is 532 g/mol. The number of amides is 1. The molecule has 31 heavy (non-hydrogen) atoms. The van der Waals surface area contributed by atoms with Crippen LogP contribution in [0.3, 0.4) is 0 Å².